The van der Waals surface area contributed by atoms with Crippen LogP contribution in [-0.2, 0) is 40.1 Å². The number of benzene rings is 4. The first-order valence-electron chi connectivity index (χ1n) is 10.5. The molecule has 0 amide bonds. The predicted octanol–water partition coefficient (Wildman–Crippen LogP) is 8.00. The molecule has 0 fully saturated rings. The van der Waals surface area contributed by atoms with E-state index in [1.165, 1.54) is 55.6 Å². The molecule has 4 aromatic carbocycles. The average molecular weight is 520 g/mol. The Labute approximate surface area is 202 Å². The SMILES string of the molecule is [Cl][Zr][Cl].c1ccc2c(c1)Cc1c([CH-]Cc3cccc4c3Cc3ccccc3-4)cccc1-2. The van der Waals surface area contributed by atoms with Crippen molar-refractivity contribution in [1.82, 2.24) is 0 Å². The molecule has 0 heterocycles. The molecule has 31 heavy (non-hydrogen) atoms. The molecule has 152 valence electrons. The molecule has 2 aliphatic rings. The molecular formula is C28H21Cl2Zr-. The van der Waals surface area contributed by atoms with E-state index < -0.39 is 20.8 Å². The molecule has 0 nitrogen and oxygen atoms in total. The maximum Gasteiger partial charge on any atom is -0.00110 e. The Kier molecular flexibility index (Phi) is 6.37. The van der Waals surface area contributed by atoms with Crippen molar-refractivity contribution in [2.75, 3.05) is 0 Å². The van der Waals surface area contributed by atoms with Gasteiger partial charge in [0.25, 0.3) is 0 Å². The zero-order chi connectivity index (χ0) is 21.2. The van der Waals surface area contributed by atoms with E-state index in [-0.39, 0.29) is 0 Å². The summed E-state index contributed by atoms with van der Waals surface area (Å²) in [5.41, 5.74) is 14.4. The van der Waals surface area contributed by atoms with Crippen molar-refractivity contribution in [3.05, 3.63) is 125 Å². The maximum atomic E-state index is 4.93. The summed E-state index contributed by atoms with van der Waals surface area (Å²) in [6.45, 7) is 0. The van der Waals surface area contributed by atoms with Crippen molar-refractivity contribution in [3.8, 4) is 22.3 Å². The van der Waals surface area contributed by atoms with Crippen LogP contribution in [0, 0.1) is 6.42 Å². The fourth-order valence-corrected chi connectivity index (χ4v) is 5.01. The first-order chi connectivity index (χ1) is 15.3. The van der Waals surface area contributed by atoms with Gasteiger partial charge in [0.1, 0.15) is 0 Å². The van der Waals surface area contributed by atoms with E-state index >= 15 is 0 Å². The molecule has 6 rings (SSSR count). The molecule has 0 atom stereocenters. The molecule has 0 spiro atoms. The summed E-state index contributed by atoms with van der Waals surface area (Å²) in [6.07, 6.45) is 5.54. The third-order valence-corrected chi connectivity index (χ3v) is 6.38. The first-order valence-corrected chi connectivity index (χ1v) is 16.8. The molecule has 3 heteroatoms. The number of fused-ring (bicyclic) bond motifs is 6. The van der Waals surface area contributed by atoms with Gasteiger partial charge in [0.15, 0.2) is 0 Å². The predicted molar refractivity (Wildman–Crippen MR) is 128 cm³/mol. The van der Waals surface area contributed by atoms with Crippen molar-refractivity contribution in [2.45, 2.75) is 19.3 Å². The molecule has 0 unspecified atom stereocenters. The van der Waals surface area contributed by atoms with Crippen molar-refractivity contribution >= 4 is 17.0 Å². The van der Waals surface area contributed by atoms with E-state index in [4.69, 9.17) is 17.0 Å². The molecule has 0 saturated heterocycles. The molecular weight excluding hydrogens is 498 g/mol. The number of rotatable bonds is 3. The second kappa shape index (κ2) is 9.37. The molecule has 2 aliphatic carbocycles. The quantitative estimate of drug-likeness (QED) is 0.208. The first kappa shape index (κ1) is 21.1. The van der Waals surface area contributed by atoms with Crippen LogP contribution in [-0.4, -0.2) is 0 Å². The minimum atomic E-state index is -0.826. The third kappa shape index (κ3) is 4.05. The van der Waals surface area contributed by atoms with E-state index in [1.54, 1.807) is 0 Å². The van der Waals surface area contributed by atoms with Gasteiger partial charge >= 0.3 is 37.9 Å². The van der Waals surface area contributed by atoms with Gasteiger partial charge in [-0.1, -0.05) is 90.3 Å². The Morgan fingerprint density at radius 2 is 1.13 bits per heavy atom. The minimum Gasteiger partial charge on any atom is -0.188 e. The summed E-state index contributed by atoms with van der Waals surface area (Å²) in [4.78, 5) is 0. The van der Waals surface area contributed by atoms with Crippen LogP contribution >= 0.6 is 17.0 Å². The molecule has 0 aliphatic heterocycles. The second-order valence-corrected chi connectivity index (χ2v) is 11.7. The summed E-state index contributed by atoms with van der Waals surface area (Å²) < 4.78 is 0. The fourth-order valence-electron chi connectivity index (χ4n) is 5.01. The fraction of sp³-hybridized carbons (Fsp3) is 0.107. The van der Waals surface area contributed by atoms with Crippen molar-refractivity contribution in [2.24, 2.45) is 0 Å². The molecule has 0 bridgehead atoms. The van der Waals surface area contributed by atoms with Crippen LogP contribution in [0.5, 0.6) is 0 Å². The summed E-state index contributed by atoms with van der Waals surface area (Å²) in [5, 5.41) is 0. The topological polar surface area (TPSA) is 0 Å². The van der Waals surface area contributed by atoms with Gasteiger partial charge in [-0.25, -0.2) is 0 Å². The van der Waals surface area contributed by atoms with Gasteiger partial charge in [-0.15, -0.1) is 11.6 Å². The van der Waals surface area contributed by atoms with Gasteiger partial charge in [-0.3, -0.25) is 0 Å². The number of hydrogen-bond donors (Lipinski definition) is 0. The molecule has 4 aromatic rings. The van der Waals surface area contributed by atoms with Gasteiger partial charge in [0.05, 0.1) is 0 Å². The summed E-state index contributed by atoms with van der Waals surface area (Å²) in [7, 11) is 9.87. The molecule has 0 aromatic heterocycles. The second-order valence-electron chi connectivity index (χ2n) is 7.96. The van der Waals surface area contributed by atoms with Crippen LogP contribution in [0.2, 0.25) is 0 Å². The average Bonchev–Trinajstić information content (AvgIpc) is 3.37. The van der Waals surface area contributed by atoms with Crippen molar-refractivity contribution < 1.29 is 20.8 Å². The Hall–Kier alpha value is -1.79. The minimum absolute atomic E-state index is 0.826. The summed E-state index contributed by atoms with van der Waals surface area (Å²) >= 11 is -0.826. The van der Waals surface area contributed by atoms with Crippen LogP contribution < -0.4 is 0 Å². The van der Waals surface area contributed by atoms with Gasteiger partial charge < -0.3 is 0 Å². The van der Waals surface area contributed by atoms with Crippen LogP contribution in [0.4, 0.5) is 0 Å². The molecule has 0 saturated carbocycles. The van der Waals surface area contributed by atoms with E-state index in [0.29, 0.717) is 0 Å². The monoisotopic (exact) mass is 517 g/mol. The Bertz CT molecular complexity index is 1150. The Morgan fingerprint density at radius 3 is 1.81 bits per heavy atom. The molecule has 0 N–H and O–H groups in total. The van der Waals surface area contributed by atoms with Crippen molar-refractivity contribution in [3.63, 3.8) is 0 Å². The Balaban J connectivity index is 0.000000646. The van der Waals surface area contributed by atoms with E-state index in [2.05, 4.69) is 91.3 Å². The van der Waals surface area contributed by atoms with E-state index in [9.17, 15) is 0 Å². The third-order valence-electron chi connectivity index (χ3n) is 6.38. The summed E-state index contributed by atoms with van der Waals surface area (Å²) in [5.74, 6) is 0. The van der Waals surface area contributed by atoms with Gasteiger partial charge in [-0.2, -0.15) is 18.1 Å². The normalized spacial score (nSPS) is 12.1. The number of halogens is 2. The zero-order valence-electron chi connectivity index (χ0n) is 17.0. The summed E-state index contributed by atoms with van der Waals surface area (Å²) in [6, 6.07) is 31.2. The van der Waals surface area contributed by atoms with E-state index in [0.717, 1.165) is 19.3 Å². The maximum absolute atomic E-state index is 4.93. The van der Waals surface area contributed by atoms with Gasteiger partial charge in [0.2, 0.25) is 0 Å². The van der Waals surface area contributed by atoms with Gasteiger partial charge in [0, 0.05) is 0 Å². The van der Waals surface area contributed by atoms with Crippen molar-refractivity contribution in [1.29, 1.82) is 0 Å². The van der Waals surface area contributed by atoms with Gasteiger partial charge in [-0.05, 0) is 46.2 Å². The zero-order valence-corrected chi connectivity index (χ0v) is 21.0. The van der Waals surface area contributed by atoms with Crippen LogP contribution in [0.1, 0.15) is 33.4 Å². The number of hydrogen-bond acceptors (Lipinski definition) is 0. The standard InChI is InChI=1S/C28H21.2ClH.Zr/c1-3-11-23-21(7-1)17-27-19(9-5-13-25(23)27)15-16-20-10-6-14-26-24-12-4-2-8-22(24)18-28(20)26;;;/h1-15H,16-18H2;2*1H;/q-1;;;+2/p-2. The van der Waals surface area contributed by atoms with Crippen LogP contribution in [0.25, 0.3) is 22.3 Å². The molecule has 0 radical (unpaired) electrons. The van der Waals surface area contributed by atoms with E-state index in [1.807, 2.05) is 0 Å². The van der Waals surface area contributed by atoms with Crippen LogP contribution in [0.3, 0.4) is 0 Å². The Morgan fingerprint density at radius 1 is 0.613 bits per heavy atom. The smallest absolute Gasteiger partial charge is 0.00110 e. The largest absolute Gasteiger partial charge is 0.188 e. The van der Waals surface area contributed by atoms with Crippen LogP contribution in [0.15, 0.2) is 84.9 Å².